The minimum atomic E-state index is -0.108. The van der Waals surface area contributed by atoms with Crippen LogP contribution in [0.15, 0.2) is 42.5 Å². The second kappa shape index (κ2) is 10.1. The second-order valence-electron chi connectivity index (χ2n) is 6.78. The van der Waals surface area contributed by atoms with E-state index in [1.165, 1.54) is 11.3 Å². The van der Waals surface area contributed by atoms with Crippen LogP contribution in [-0.4, -0.2) is 48.6 Å². The molecule has 0 aliphatic rings. The predicted octanol–water partition coefficient (Wildman–Crippen LogP) is 5.01. The fourth-order valence-corrected chi connectivity index (χ4v) is 4.25. The van der Waals surface area contributed by atoms with Gasteiger partial charge in [-0.05, 0) is 50.3 Å². The van der Waals surface area contributed by atoms with Crippen LogP contribution in [-0.2, 0) is 4.79 Å². The Kier molecular flexibility index (Phi) is 7.47. The molecule has 0 atom stereocenters. The van der Waals surface area contributed by atoms with E-state index in [2.05, 4.69) is 23.7 Å². The zero-order valence-electron chi connectivity index (χ0n) is 17.0. The minimum absolute atomic E-state index is 0.0298. The van der Waals surface area contributed by atoms with Gasteiger partial charge in [0.15, 0.2) is 11.7 Å². The summed E-state index contributed by atoms with van der Waals surface area (Å²) in [5.41, 5.74) is 1.99. The van der Waals surface area contributed by atoms with Crippen molar-refractivity contribution < 1.29 is 9.53 Å². The number of nitrogens with zero attached hydrogens (tertiary/aromatic N) is 3. The van der Waals surface area contributed by atoms with Crippen molar-refractivity contribution in [1.29, 1.82) is 0 Å². The number of rotatable bonds is 9. The summed E-state index contributed by atoms with van der Waals surface area (Å²) in [7, 11) is 0. The van der Waals surface area contributed by atoms with Crippen molar-refractivity contribution >= 4 is 44.2 Å². The maximum atomic E-state index is 13.0. The normalized spacial score (nSPS) is 11.2. The Balaban J connectivity index is 1.78. The van der Waals surface area contributed by atoms with Gasteiger partial charge in [0, 0.05) is 18.1 Å². The van der Waals surface area contributed by atoms with Gasteiger partial charge in [-0.3, -0.25) is 9.69 Å². The van der Waals surface area contributed by atoms with E-state index in [0.29, 0.717) is 22.4 Å². The highest BCUT2D eigenvalue weighted by atomic mass is 35.5. The van der Waals surface area contributed by atoms with Gasteiger partial charge in [0.05, 0.1) is 10.2 Å². The van der Waals surface area contributed by atoms with E-state index in [4.69, 9.17) is 16.3 Å². The van der Waals surface area contributed by atoms with Crippen molar-refractivity contribution in [3.05, 3.63) is 53.1 Å². The van der Waals surface area contributed by atoms with E-state index in [0.717, 1.165) is 35.4 Å². The molecule has 7 heteroatoms. The van der Waals surface area contributed by atoms with Crippen LogP contribution in [0.1, 0.15) is 19.4 Å². The lowest BCUT2D eigenvalue weighted by Crippen LogP contribution is -2.41. The molecular formula is C22H26ClN3O2S. The number of carbonyl (C=O) groups excluding carboxylic acids is 1. The summed E-state index contributed by atoms with van der Waals surface area (Å²) < 4.78 is 6.69. The topological polar surface area (TPSA) is 45.7 Å². The molecule has 1 aromatic heterocycles. The molecule has 1 amide bonds. The first-order valence-corrected chi connectivity index (χ1v) is 11.0. The average Bonchev–Trinajstić information content (AvgIpc) is 3.13. The maximum absolute atomic E-state index is 13.0. The molecular weight excluding hydrogens is 406 g/mol. The minimum Gasteiger partial charge on any atom is -0.484 e. The number of benzene rings is 2. The Morgan fingerprint density at radius 2 is 1.83 bits per heavy atom. The van der Waals surface area contributed by atoms with Crippen molar-refractivity contribution in [2.24, 2.45) is 0 Å². The number of ether oxygens (including phenoxy) is 1. The van der Waals surface area contributed by atoms with E-state index in [-0.39, 0.29) is 12.5 Å². The molecule has 0 saturated heterocycles. The number of anilines is 1. The van der Waals surface area contributed by atoms with Crippen LogP contribution >= 0.6 is 22.9 Å². The number of fused-ring (bicyclic) bond motifs is 1. The molecule has 3 rings (SSSR count). The SMILES string of the molecule is CCN(CC)CCN(C(=O)COc1ccc(C)cc1)c1nc2ccc(Cl)cc2s1. The van der Waals surface area contributed by atoms with Crippen LogP contribution in [0.25, 0.3) is 10.2 Å². The number of carbonyl (C=O) groups is 1. The Bertz CT molecular complexity index is 954. The maximum Gasteiger partial charge on any atom is 0.266 e. The summed E-state index contributed by atoms with van der Waals surface area (Å²) >= 11 is 7.58. The van der Waals surface area contributed by atoms with Crippen molar-refractivity contribution in [1.82, 2.24) is 9.88 Å². The summed E-state index contributed by atoms with van der Waals surface area (Å²) in [5, 5.41) is 1.34. The van der Waals surface area contributed by atoms with E-state index in [1.807, 2.05) is 49.4 Å². The fourth-order valence-electron chi connectivity index (χ4n) is 2.97. The molecule has 1 heterocycles. The van der Waals surface area contributed by atoms with Gasteiger partial charge in [-0.2, -0.15) is 0 Å². The van der Waals surface area contributed by atoms with Crippen LogP contribution in [0.5, 0.6) is 5.75 Å². The third-order valence-electron chi connectivity index (χ3n) is 4.79. The van der Waals surface area contributed by atoms with Gasteiger partial charge in [-0.1, -0.05) is 54.5 Å². The van der Waals surface area contributed by atoms with Gasteiger partial charge in [-0.25, -0.2) is 4.98 Å². The molecule has 0 aliphatic carbocycles. The highest BCUT2D eigenvalue weighted by molar-refractivity contribution is 7.22. The number of likely N-dealkylation sites (N-methyl/N-ethyl adjacent to an activating group) is 1. The lowest BCUT2D eigenvalue weighted by atomic mass is 10.2. The van der Waals surface area contributed by atoms with E-state index in [1.54, 1.807) is 4.90 Å². The van der Waals surface area contributed by atoms with Gasteiger partial charge < -0.3 is 9.64 Å². The summed E-state index contributed by atoms with van der Waals surface area (Å²) in [6.45, 7) is 9.44. The Hall–Kier alpha value is -2.15. The van der Waals surface area contributed by atoms with Gasteiger partial charge in [0.1, 0.15) is 5.75 Å². The number of hydrogen-bond acceptors (Lipinski definition) is 5. The van der Waals surface area contributed by atoms with Gasteiger partial charge in [-0.15, -0.1) is 0 Å². The highest BCUT2D eigenvalue weighted by Crippen LogP contribution is 2.31. The van der Waals surface area contributed by atoms with E-state index >= 15 is 0 Å². The third-order valence-corrected chi connectivity index (χ3v) is 6.06. The summed E-state index contributed by atoms with van der Waals surface area (Å²) in [6, 6.07) is 13.3. The zero-order valence-corrected chi connectivity index (χ0v) is 18.6. The number of halogens is 1. The molecule has 2 aromatic carbocycles. The van der Waals surface area contributed by atoms with Crippen molar-refractivity contribution in [3.8, 4) is 5.75 Å². The van der Waals surface area contributed by atoms with E-state index < -0.39 is 0 Å². The Morgan fingerprint density at radius 1 is 1.10 bits per heavy atom. The molecule has 5 nitrogen and oxygen atoms in total. The molecule has 0 radical (unpaired) electrons. The Morgan fingerprint density at radius 3 is 2.52 bits per heavy atom. The highest BCUT2D eigenvalue weighted by Gasteiger charge is 2.21. The van der Waals surface area contributed by atoms with Gasteiger partial charge >= 0.3 is 0 Å². The Labute approximate surface area is 180 Å². The smallest absolute Gasteiger partial charge is 0.266 e. The standard InChI is InChI=1S/C22H26ClN3O2S/c1-4-25(5-2)12-13-26(21(27)15-28-18-9-6-16(3)7-10-18)22-24-19-11-8-17(23)14-20(19)29-22/h6-11,14H,4-5,12-13,15H2,1-3H3. The van der Waals surface area contributed by atoms with Crippen LogP contribution in [0.3, 0.4) is 0 Å². The monoisotopic (exact) mass is 431 g/mol. The fraction of sp³-hybridized carbons (Fsp3) is 0.364. The average molecular weight is 432 g/mol. The molecule has 0 saturated carbocycles. The van der Waals surface area contributed by atoms with Crippen molar-refractivity contribution in [2.45, 2.75) is 20.8 Å². The van der Waals surface area contributed by atoms with Crippen molar-refractivity contribution in [3.63, 3.8) is 0 Å². The third kappa shape index (κ3) is 5.69. The van der Waals surface area contributed by atoms with Crippen LogP contribution < -0.4 is 9.64 Å². The van der Waals surface area contributed by atoms with Crippen molar-refractivity contribution in [2.75, 3.05) is 37.7 Å². The molecule has 3 aromatic rings. The molecule has 0 spiro atoms. The molecule has 154 valence electrons. The predicted molar refractivity (Wildman–Crippen MR) is 121 cm³/mol. The number of aromatic nitrogens is 1. The van der Waals surface area contributed by atoms with Gasteiger partial charge in [0.25, 0.3) is 5.91 Å². The first-order valence-electron chi connectivity index (χ1n) is 9.78. The lowest BCUT2D eigenvalue weighted by Gasteiger charge is -2.24. The second-order valence-corrected chi connectivity index (χ2v) is 8.23. The van der Waals surface area contributed by atoms with Crippen LogP contribution in [0, 0.1) is 6.92 Å². The molecule has 0 aliphatic heterocycles. The first kappa shape index (κ1) is 21.6. The summed E-state index contributed by atoms with van der Waals surface area (Å²) in [6.07, 6.45) is 0. The van der Waals surface area contributed by atoms with Gasteiger partial charge in [0.2, 0.25) is 0 Å². The summed E-state index contributed by atoms with van der Waals surface area (Å²) in [5.74, 6) is 0.576. The quantitative estimate of drug-likeness (QED) is 0.477. The molecule has 0 fully saturated rings. The largest absolute Gasteiger partial charge is 0.484 e. The summed E-state index contributed by atoms with van der Waals surface area (Å²) in [4.78, 5) is 21.7. The molecule has 0 N–H and O–H groups in total. The number of thiazole rings is 1. The number of aryl methyl sites for hydroxylation is 1. The first-order chi connectivity index (χ1) is 14.0. The number of amides is 1. The number of hydrogen-bond donors (Lipinski definition) is 0. The lowest BCUT2D eigenvalue weighted by molar-refractivity contribution is -0.120. The molecule has 0 unspecified atom stereocenters. The van der Waals surface area contributed by atoms with Crippen LogP contribution in [0.4, 0.5) is 5.13 Å². The van der Waals surface area contributed by atoms with Crippen LogP contribution in [0.2, 0.25) is 5.02 Å². The molecule has 29 heavy (non-hydrogen) atoms. The van der Waals surface area contributed by atoms with E-state index in [9.17, 15) is 4.79 Å². The zero-order chi connectivity index (χ0) is 20.8. The molecule has 0 bridgehead atoms.